The third-order valence-electron chi connectivity index (χ3n) is 1.44. The van der Waals surface area contributed by atoms with E-state index in [2.05, 4.69) is 13.8 Å². The Balaban J connectivity index is 3.16. The van der Waals surface area contributed by atoms with Crippen LogP contribution < -0.4 is 5.73 Å². The molecule has 0 aliphatic rings. The van der Waals surface area contributed by atoms with Crippen LogP contribution in [0.4, 0.5) is 0 Å². The minimum Gasteiger partial charge on any atom is -0.386 e. The molecule has 1 atom stereocenters. The Kier molecular flexibility index (Phi) is 5.84. The maximum absolute atomic E-state index is 6.89. The predicted molar refractivity (Wildman–Crippen MR) is 46.8 cm³/mol. The fraction of sp³-hybridized carbons (Fsp3) is 0.875. The van der Waals surface area contributed by atoms with Crippen molar-refractivity contribution in [1.29, 1.82) is 5.41 Å². The third-order valence-corrected chi connectivity index (χ3v) is 1.44. The predicted octanol–water partition coefficient (Wildman–Crippen LogP) is 1.38. The minimum atomic E-state index is 0.105. The number of nitrogens with one attached hydrogen (secondary N) is 1. The molecule has 1 unspecified atom stereocenters. The van der Waals surface area contributed by atoms with Gasteiger partial charge in [-0.15, -0.1) is 0 Å². The smallest absolute Gasteiger partial charge is 0.117 e. The fourth-order valence-electron chi connectivity index (χ4n) is 0.946. The molecule has 3 nitrogen and oxygen atoms in total. The zero-order valence-electron chi connectivity index (χ0n) is 7.39. The van der Waals surface area contributed by atoms with Crippen LogP contribution in [0.5, 0.6) is 0 Å². The van der Waals surface area contributed by atoms with E-state index in [1.54, 1.807) is 0 Å². The molecule has 0 heterocycles. The summed E-state index contributed by atoms with van der Waals surface area (Å²) in [6, 6.07) is 0. The van der Waals surface area contributed by atoms with Crippen LogP contribution in [0.1, 0.15) is 26.7 Å². The van der Waals surface area contributed by atoms with Crippen molar-refractivity contribution in [3.05, 3.63) is 0 Å². The lowest BCUT2D eigenvalue weighted by molar-refractivity contribution is 0.132. The maximum Gasteiger partial charge on any atom is 0.117 e. The first-order valence-electron chi connectivity index (χ1n) is 4.07. The highest BCUT2D eigenvalue weighted by molar-refractivity contribution is 5.78. The van der Waals surface area contributed by atoms with E-state index in [4.69, 9.17) is 15.9 Å². The highest BCUT2D eigenvalue weighted by atomic mass is 16.5. The van der Waals surface area contributed by atoms with E-state index in [-0.39, 0.29) is 12.4 Å². The Morgan fingerprint density at radius 3 is 2.73 bits per heavy atom. The second-order valence-electron chi connectivity index (χ2n) is 2.93. The molecular weight excluding hydrogens is 140 g/mol. The van der Waals surface area contributed by atoms with Crippen molar-refractivity contribution in [3.63, 3.8) is 0 Å². The average Bonchev–Trinajstić information content (AvgIpc) is 1.87. The minimum absolute atomic E-state index is 0.105. The summed E-state index contributed by atoms with van der Waals surface area (Å²) in [5.74, 6) is 0.688. The van der Waals surface area contributed by atoms with E-state index in [1.807, 2.05) is 0 Å². The topological polar surface area (TPSA) is 59.1 Å². The third kappa shape index (κ3) is 7.33. The van der Waals surface area contributed by atoms with Gasteiger partial charge in [-0.2, -0.15) is 0 Å². The van der Waals surface area contributed by atoms with Gasteiger partial charge in [-0.25, -0.2) is 0 Å². The van der Waals surface area contributed by atoms with Crippen LogP contribution in [0.3, 0.4) is 0 Å². The lowest BCUT2D eigenvalue weighted by Gasteiger charge is -2.09. The van der Waals surface area contributed by atoms with Crippen LogP contribution in [0, 0.1) is 11.3 Å². The van der Waals surface area contributed by atoms with Crippen molar-refractivity contribution in [3.8, 4) is 0 Å². The molecule has 0 radical (unpaired) electrons. The van der Waals surface area contributed by atoms with E-state index < -0.39 is 0 Å². The first kappa shape index (κ1) is 10.4. The van der Waals surface area contributed by atoms with Gasteiger partial charge in [-0.1, -0.05) is 20.3 Å². The molecule has 0 saturated carbocycles. The molecule has 0 amide bonds. The first-order valence-corrected chi connectivity index (χ1v) is 4.07. The normalized spacial score (nSPS) is 12.9. The number of rotatable bonds is 6. The maximum atomic E-state index is 6.89. The summed E-state index contributed by atoms with van der Waals surface area (Å²) in [7, 11) is 0. The zero-order chi connectivity index (χ0) is 8.69. The molecule has 0 fully saturated rings. The fourth-order valence-corrected chi connectivity index (χ4v) is 0.946. The van der Waals surface area contributed by atoms with Gasteiger partial charge < -0.3 is 10.5 Å². The Hall–Kier alpha value is -0.570. The molecule has 0 aromatic heterocycles. The monoisotopic (exact) mass is 158 g/mol. The Bertz CT molecular complexity index is 115. The van der Waals surface area contributed by atoms with E-state index in [9.17, 15) is 0 Å². The van der Waals surface area contributed by atoms with Gasteiger partial charge in [-0.3, -0.25) is 5.41 Å². The summed E-state index contributed by atoms with van der Waals surface area (Å²) < 4.78 is 5.16. The van der Waals surface area contributed by atoms with Crippen molar-refractivity contribution in [2.24, 2.45) is 11.7 Å². The van der Waals surface area contributed by atoms with Crippen molar-refractivity contribution >= 4 is 5.84 Å². The van der Waals surface area contributed by atoms with Gasteiger partial charge in [0.15, 0.2) is 0 Å². The van der Waals surface area contributed by atoms with Crippen LogP contribution in [-0.4, -0.2) is 19.0 Å². The lowest BCUT2D eigenvalue weighted by atomic mass is 10.1. The molecule has 0 rings (SSSR count). The molecule has 0 saturated heterocycles. The SMILES string of the molecule is CCCC(C)COCC(=N)N. The van der Waals surface area contributed by atoms with Crippen molar-refractivity contribution in [1.82, 2.24) is 0 Å². The quantitative estimate of drug-likeness (QED) is 0.453. The first-order chi connectivity index (χ1) is 5.16. The molecule has 3 heteroatoms. The van der Waals surface area contributed by atoms with Gasteiger partial charge in [-0.05, 0) is 12.3 Å². The molecule has 11 heavy (non-hydrogen) atoms. The average molecular weight is 158 g/mol. The Morgan fingerprint density at radius 1 is 1.64 bits per heavy atom. The summed E-state index contributed by atoms with van der Waals surface area (Å²) in [5, 5.41) is 6.89. The molecule has 0 bridgehead atoms. The molecule has 66 valence electrons. The highest BCUT2D eigenvalue weighted by Gasteiger charge is 1.99. The second-order valence-corrected chi connectivity index (χ2v) is 2.93. The van der Waals surface area contributed by atoms with Crippen LogP contribution in [0.15, 0.2) is 0 Å². The van der Waals surface area contributed by atoms with Crippen LogP contribution in [0.25, 0.3) is 0 Å². The largest absolute Gasteiger partial charge is 0.386 e. The van der Waals surface area contributed by atoms with Gasteiger partial charge in [0.2, 0.25) is 0 Å². The summed E-state index contributed by atoms with van der Waals surface area (Å²) in [4.78, 5) is 0. The Morgan fingerprint density at radius 2 is 2.27 bits per heavy atom. The van der Waals surface area contributed by atoms with Crippen LogP contribution in [-0.2, 0) is 4.74 Å². The van der Waals surface area contributed by atoms with Gasteiger partial charge in [0.1, 0.15) is 12.4 Å². The van der Waals surface area contributed by atoms with Gasteiger partial charge in [0.05, 0.1) is 0 Å². The van der Waals surface area contributed by atoms with Crippen molar-refractivity contribution in [2.45, 2.75) is 26.7 Å². The van der Waals surface area contributed by atoms with Crippen molar-refractivity contribution in [2.75, 3.05) is 13.2 Å². The van der Waals surface area contributed by atoms with Gasteiger partial charge in [0, 0.05) is 6.61 Å². The summed E-state index contributed by atoms with van der Waals surface area (Å²) in [6.07, 6.45) is 2.36. The lowest BCUT2D eigenvalue weighted by Crippen LogP contribution is -2.19. The molecular formula is C8H18N2O. The Labute approximate surface area is 68.4 Å². The van der Waals surface area contributed by atoms with Crippen LogP contribution in [0.2, 0.25) is 0 Å². The molecule has 0 aromatic rings. The van der Waals surface area contributed by atoms with E-state index in [1.165, 1.54) is 12.8 Å². The molecule has 3 N–H and O–H groups in total. The van der Waals surface area contributed by atoms with E-state index in [0.29, 0.717) is 12.5 Å². The number of nitrogens with two attached hydrogens (primary N) is 1. The number of ether oxygens (including phenoxy) is 1. The van der Waals surface area contributed by atoms with Gasteiger partial charge in [0.25, 0.3) is 0 Å². The summed E-state index contributed by atoms with van der Waals surface area (Å²) in [5.41, 5.74) is 5.11. The molecule has 0 spiro atoms. The van der Waals surface area contributed by atoms with E-state index >= 15 is 0 Å². The molecule has 0 aliphatic heterocycles. The zero-order valence-corrected chi connectivity index (χ0v) is 7.39. The number of amidine groups is 1. The number of hydrogen-bond acceptors (Lipinski definition) is 2. The highest BCUT2D eigenvalue weighted by Crippen LogP contribution is 2.04. The summed E-state index contributed by atoms with van der Waals surface area (Å²) in [6.45, 7) is 5.28. The molecule has 0 aliphatic carbocycles. The van der Waals surface area contributed by atoms with E-state index in [0.717, 1.165) is 0 Å². The molecule has 0 aromatic carbocycles. The second kappa shape index (κ2) is 6.16. The standard InChI is InChI=1S/C8H18N2O/c1-3-4-7(2)5-11-6-8(9)10/h7H,3-6H2,1-2H3,(H3,9,10). The van der Waals surface area contributed by atoms with Crippen LogP contribution >= 0.6 is 0 Å². The van der Waals surface area contributed by atoms with Crippen molar-refractivity contribution < 1.29 is 4.74 Å². The number of hydrogen-bond donors (Lipinski definition) is 2. The van der Waals surface area contributed by atoms with Gasteiger partial charge >= 0.3 is 0 Å². The summed E-state index contributed by atoms with van der Waals surface area (Å²) >= 11 is 0.